The number of benzene rings is 1. The molecule has 0 spiro atoms. The minimum absolute atomic E-state index is 0.107. The monoisotopic (exact) mass is 287 g/mol. The van der Waals surface area contributed by atoms with Gasteiger partial charge in [-0.1, -0.05) is 12.1 Å². The second-order valence-corrected chi connectivity index (χ2v) is 5.92. The van der Waals surface area contributed by atoms with Crippen molar-refractivity contribution in [1.29, 1.82) is 0 Å². The van der Waals surface area contributed by atoms with Crippen LogP contribution in [0.4, 0.5) is 5.69 Å². The normalized spacial score (nSPS) is 21.9. The van der Waals surface area contributed by atoms with Crippen LogP contribution < -0.4 is 10.2 Å². The van der Waals surface area contributed by atoms with Crippen molar-refractivity contribution in [2.24, 2.45) is 0 Å². The van der Waals surface area contributed by atoms with Crippen molar-refractivity contribution >= 4 is 17.5 Å². The zero-order valence-corrected chi connectivity index (χ0v) is 12.6. The highest BCUT2D eigenvalue weighted by Crippen LogP contribution is 2.26. The maximum atomic E-state index is 11.8. The van der Waals surface area contributed by atoms with Crippen LogP contribution in [0.25, 0.3) is 0 Å². The summed E-state index contributed by atoms with van der Waals surface area (Å²) in [7, 11) is 3.66. The van der Waals surface area contributed by atoms with Crippen LogP contribution in [0, 0.1) is 0 Å². The quantitative estimate of drug-likeness (QED) is 0.840. The van der Waals surface area contributed by atoms with Crippen molar-refractivity contribution in [3.8, 4) is 0 Å². The Labute approximate surface area is 124 Å². The van der Waals surface area contributed by atoms with Gasteiger partial charge >= 0.3 is 0 Å². The van der Waals surface area contributed by atoms with E-state index in [9.17, 15) is 9.59 Å². The number of rotatable bonds is 3. The van der Waals surface area contributed by atoms with Crippen molar-refractivity contribution < 1.29 is 9.59 Å². The molecule has 0 radical (unpaired) electrons. The molecule has 2 heterocycles. The van der Waals surface area contributed by atoms with E-state index in [0.717, 1.165) is 13.0 Å². The first-order valence-electron chi connectivity index (χ1n) is 7.43. The Hall–Kier alpha value is -1.88. The molecular weight excluding hydrogens is 266 g/mol. The number of hydrogen-bond donors (Lipinski definition) is 1. The fourth-order valence-electron chi connectivity index (χ4n) is 3.10. The fraction of sp³-hybridized carbons (Fsp3) is 0.500. The lowest BCUT2D eigenvalue weighted by molar-refractivity contribution is -0.137. The summed E-state index contributed by atoms with van der Waals surface area (Å²) in [5, 5.41) is 3.20. The molecule has 21 heavy (non-hydrogen) atoms. The van der Waals surface area contributed by atoms with Gasteiger partial charge in [0.05, 0.1) is 12.5 Å². The minimum atomic E-state index is -0.374. The molecule has 0 saturated carbocycles. The summed E-state index contributed by atoms with van der Waals surface area (Å²) in [6.45, 7) is 1.73. The maximum Gasteiger partial charge on any atom is 0.246 e. The number of likely N-dealkylation sites (tertiary alicyclic amines) is 1. The number of likely N-dealkylation sites (N-methyl/N-ethyl adjacent to an activating group) is 1. The van der Waals surface area contributed by atoms with Gasteiger partial charge < -0.3 is 10.2 Å². The number of carbonyl (C=O) groups excluding carboxylic acids is 2. The minimum Gasteiger partial charge on any atom is -0.374 e. The lowest BCUT2D eigenvalue weighted by Crippen LogP contribution is -2.36. The highest BCUT2D eigenvalue weighted by Gasteiger charge is 2.35. The molecule has 1 fully saturated rings. The third-order valence-electron chi connectivity index (χ3n) is 4.43. The zero-order valence-electron chi connectivity index (χ0n) is 12.6. The van der Waals surface area contributed by atoms with Crippen LogP contribution in [0.15, 0.2) is 18.2 Å². The number of amides is 2. The van der Waals surface area contributed by atoms with Gasteiger partial charge in [-0.2, -0.15) is 0 Å². The van der Waals surface area contributed by atoms with E-state index in [1.54, 1.807) is 7.05 Å². The first-order valence-corrected chi connectivity index (χ1v) is 7.43. The van der Waals surface area contributed by atoms with Gasteiger partial charge in [0.15, 0.2) is 0 Å². The molecule has 2 aliphatic heterocycles. The SMILES string of the molecule is CN1C(=O)CC(NCc2ccc3c(c2)CCCN3C)C1=O. The van der Waals surface area contributed by atoms with Gasteiger partial charge in [0.1, 0.15) is 0 Å². The Morgan fingerprint density at radius 2 is 2.10 bits per heavy atom. The molecule has 1 saturated heterocycles. The molecule has 2 aliphatic rings. The Morgan fingerprint density at radius 1 is 1.29 bits per heavy atom. The Kier molecular flexibility index (Phi) is 3.68. The van der Waals surface area contributed by atoms with E-state index in [1.165, 1.54) is 28.1 Å². The van der Waals surface area contributed by atoms with Gasteiger partial charge in [-0.3, -0.25) is 14.5 Å². The third kappa shape index (κ3) is 2.65. The summed E-state index contributed by atoms with van der Waals surface area (Å²) in [6.07, 6.45) is 2.56. The number of imide groups is 1. The Morgan fingerprint density at radius 3 is 2.81 bits per heavy atom. The summed E-state index contributed by atoms with van der Waals surface area (Å²) in [5.41, 5.74) is 3.84. The maximum absolute atomic E-state index is 11.8. The van der Waals surface area contributed by atoms with Crippen molar-refractivity contribution in [1.82, 2.24) is 10.2 Å². The molecule has 5 nitrogen and oxygen atoms in total. The van der Waals surface area contributed by atoms with E-state index in [2.05, 4.69) is 35.5 Å². The average Bonchev–Trinajstić information content (AvgIpc) is 2.72. The highest BCUT2D eigenvalue weighted by molar-refractivity contribution is 6.05. The number of anilines is 1. The van der Waals surface area contributed by atoms with Crippen LogP contribution in [0.3, 0.4) is 0 Å². The zero-order chi connectivity index (χ0) is 15.0. The molecule has 0 bridgehead atoms. The molecule has 5 heteroatoms. The summed E-state index contributed by atoms with van der Waals surface area (Å²) < 4.78 is 0. The van der Waals surface area contributed by atoms with Gasteiger partial charge in [0, 0.05) is 32.9 Å². The summed E-state index contributed by atoms with van der Waals surface area (Å²) >= 11 is 0. The molecular formula is C16H21N3O2. The standard InChI is InChI=1S/C16H21N3O2/c1-18-7-3-4-12-8-11(5-6-14(12)18)10-17-13-9-15(20)19(2)16(13)21/h5-6,8,13,17H,3-4,7,9-10H2,1-2H3. The van der Waals surface area contributed by atoms with Crippen molar-refractivity contribution in [3.63, 3.8) is 0 Å². The summed E-state index contributed by atoms with van der Waals surface area (Å²) in [6, 6.07) is 6.09. The second-order valence-electron chi connectivity index (χ2n) is 5.92. The van der Waals surface area contributed by atoms with Gasteiger partial charge in [-0.15, -0.1) is 0 Å². The van der Waals surface area contributed by atoms with Crippen LogP contribution in [0.2, 0.25) is 0 Å². The van der Waals surface area contributed by atoms with Gasteiger partial charge in [-0.25, -0.2) is 0 Å². The largest absolute Gasteiger partial charge is 0.374 e. The number of nitrogens with zero attached hydrogens (tertiary/aromatic N) is 2. The van der Waals surface area contributed by atoms with Crippen LogP contribution >= 0.6 is 0 Å². The molecule has 3 rings (SSSR count). The second kappa shape index (κ2) is 5.48. The van der Waals surface area contributed by atoms with Gasteiger partial charge in [-0.05, 0) is 30.0 Å². The lowest BCUT2D eigenvalue weighted by atomic mass is 9.99. The number of fused-ring (bicyclic) bond motifs is 1. The molecule has 1 N–H and O–H groups in total. The summed E-state index contributed by atoms with van der Waals surface area (Å²) in [4.78, 5) is 26.8. The molecule has 1 aromatic carbocycles. The highest BCUT2D eigenvalue weighted by atomic mass is 16.2. The number of aryl methyl sites for hydroxylation is 1. The van der Waals surface area contributed by atoms with E-state index < -0.39 is 0 Å². The average molecular weight is 287 g/mol. The van der Waals surface area contributed by atoms with E-state index in [-0.39, 0.29) is 24.3 Å². The van der Waals surface area contributed by atoms with Crippen LogP contribution in [0.1, 0.15) is 24.0 Å². The van der Waals surface area contributed by atoms with E-state index >= 15 is 0 Å². The predicted molar refractivity (Wildman–Crippen MR) is 81.1 cm³/mol. The van der Waals surface area contributed by atoms with E-state index in [4.69, 9.17) is 0 Å². The number of hydrogen-bond acceptors (Lipinski definition) is 4. The first kappa shape index (κ1) is 14.1. The molecule has 1 atom stereocenters. The van der Waals surface area contributed by atoms with Crippen LogP contribution in [0.5, 0.6) is 0 Å². The van der Waals surface area contributed by atoms with Gasteiger partial charge in [0.25, 0.3) is 0 Å². The van der Waals surface area contributed by atoms with E-state index in [1.807, 2.05) is 0 Å². The number of nitrogens with one attached hydrogen (secondary N) is 1. The van der Waals surface area contributed by atoms with Gasteiger partial charge in [0.2, 0.25) is 11.8 Å². The molecule has 1 aromatic rings. The van der Waals surface area contributed by atoms with Crippen LogP contribution in [-0.4, -0.2) is 43.4 Å². The molecule has 1 unspecified atom stereocenters. The molecule has 0 aliphatic carbocycles. The first-order chi connectivity index (χ1) is 10.1. The predicted octanol–water partition coefficient (Wildman–Crippen LogP) is 0.916. The third-order valence-corrected chi connectivity index (χ3v) is 4.43. The van der Waals surface area contributed by atoms with Crippen molar-refractivity contribution in [3.05, 3.63) is 29.3 Å². The summed E-state index contributed by atoms with van der Waals surface area (Å²) in [5.74, 6) is -0.234. The molecule has 112 valence electrons. The number of carbonyl (C=O) groups is 2. The van der Waals surface area contributed by atoms with Crippen molar-refractivity contribution in [2.45, 2.75) is 31.8 Å². The van der Waals surface area contributed by atoms with Crippen LogP contribution in [-0.2, 0) is 22.6 Å². The van der Waals surface area contributed by atoms with Crippen molar-refractivity contribution in [2.75, 3.05) is 25.5 Å². The topological polar surface area (TPSA) is 52.7 Å². The molecule has 0 aromatic heterocycles. The van der Waals surface area contributed by atoms with E-state index in [0.29, 0.717) is 6.54 Å². The molecule has 2 amide bonds. The Balaban J connectivity index is 1.66. The lowest BCUT2D eigenvalue weighted by Gasteiger charge is -2.28. The Bertz CT molecular complexity index is 585. The smallest absolute Gasteiger partial charge is 0.246 e. The fourth-order valence-corrected chi connectivity index (χ4v) is 3.10.